The Morgan fingerprint density at radius 1 is 1.50 bits per heavy atom. The number of epoxide rings is 1. The average Bonchev–Trinajstić information content (AvgIpc) is 2.99. The Morgan fingerprint density at radius 2 is 2.06 bits per heavy atom. The molecular weight excluding hydrogens is 257 g/mol. The summed E-state index contributed by atoms with van der Waals surface area (Å²) in [6, 6.07) is 2.41. The number of hydrogen-bond donors (Lipinski definition) is 0. The van der Waals surface area contributed by atoms with E-state index in [0.717, 1.165) is 0 Å². The highest BCUT2D eigenvalue weighted by atomic mass is 35.5. The maximum Gasteiger partial charge on any atom is 0.272 e. The zero-order valence-corrected chi connectivity index (χ0v) is 9.49. The van der Waals surface area contributed by atoms with Crippen molar-refractivity contribution in [2.24, 2.45) is 0 Å². The summed E-state index contributed by atoms with van der Waals surface area (Å²) in [6.07, 6.45) is 0.0716. The van der Waals surface area contributed by atoms with E-state index in [1.165, 1.54) is 12.1 Å². The van der Waals surface area contributed by atoms with Crippen LogP contribution in [0.2, 0.25) is 10.0 Å². The predicted octanol–water partition coefficient (Wildman–Crippen LogP) is 2.68. The van der Waals surface area contributed by atoms with Crippen LogP contribution in [0.3, 0.4) is 0 Å². The van der Waals surface area contributed by atoms with Crippen LogP contribution >= 0.6 is 23.2 Å². The molecule has 0 saturated carbocycles. The fourth-order valence-electron chi connectivity index (χ4n) is 1.13. The molecule has 1 aromatic rings. The van der Waals surface area contributed by atoms with Crippen LogP contribution in [0.1, 0.15) is 0 Å². The summed E-state index contributed by atoms with van der Waals surface area (Å²) in [6.45, 7) is 0.999. The fourth-order valence-corrected chi connectivity index (χ4v) is 1.72. The van der Waals surface area contributed by atoms with E-state index in [1.54, 1.807) is 0 Å². The molecule has 0 spiro atoms. The van der Waals surface area contributed by atoms with Crippen molar-refractivity contribution < 1.29 is 14.4 Å². The monoisotopic (exact) mass is 263 g/mol. The summed E-state index contributed by atoms with van der Waals surface area (Å²) in [4.78, 5) is 9.96. The van der Waals surface area contributed by atoms with Gasteiger partial charge in [0.25, 0.3) is 5.69 Å². The molecule has 0 bridgehead atoms. The smallest absolute Gasteiger partial charge is 0.272 e. The highest BCUT2D eigenvalue weighted by Crippen LogP contribution is 2.37. The predicted molar refractivity (Wildman–Crippen MR) is 58.4 cm³/mol. The van der Waals surface area contributed by atoms with Crippen molar-refractivity contribution in [1.29, 1.82) is 0 Å². The molecule has 16 heavy (non-hydrogen) atoms. The van der Waals surface area contributed by atoms with Gasteiger partial charge in [0.1, 0.15) is 12.7 Å². The fraction of sp³-hybridized carbons (Fsp3) is 0.333. The van der Waals surface area contributed by atoms with Crippen molar-refractivity contribution in [3.05, 3.63) is 32.3 Å². The van der Waals surface area contributed by atoms with Crippen LogP contribution in [-0.4, -0.2) is 24.2 Å². The number of nitro groups is 1. The van der Waals surface area contributed by atoms with E-state index < -0.39 is 4.92 Å². The highest BCUT2D eigenvalue weighted by Gasteiger charge is 2.24. The lowest BCUT2D eigenvalue weighted by Gasteiger charge is -2.08. The van der Waals surface area contributed by atoms with Gasteiger partial charge >= 0.3 is 0 Å². The topological polar surface area (TPSA) is 64.9 Å². The maximum atomic E-state index is 10.5. The number of rotatable bonds is 4. The molecule has 1 aliphatic heterocycles. The van der Waals surface area contributed by atoms with E-state index in [9.17, 15) is 10.1 Å². The zero-order chi connectivity index (χ0) is 11.7. The molecule has 1 unspecified atom stereocenters. The maximum absolute atomic E-state index is 10.5. The molecule has 0 radical (unpaired) electrons. The first-order chi connectivity index (χ1) is 7.58. The van der Waals surface area contributed by atoms with Gasteiger partial charge < -0.3 is 9.47 Å². The van der Waals surface area contributed by atoms with Gasteiger partial charge in [0.2, 0.25) is 0 Å². The molecule has 5 nitrogen and oxygen atoms in total. The number of nitro benzene ring substituents is 1. The standard InChI is InChI=1S/C9H7Cl2NO4/c10-7-1-5(12(13)14)2-8(11)9(7)16-4-6-3-15-6/h1-2,6H,3-4H2. The van der Waals surface area contributed by atoms with E-state index in [4.69, 9.17) is 32.7 Å². The van der Waals surface area contributed by atoms with Gasteiger partial charge in [-0.2, -0.15) is 0 Å². The van der Waals surface area contributed by atoms with Crippen LogP contribution < -0.4 is 4.74 Å². The summed E-state index contributed by atoms with van der Waals surface area (Å²) in [5.74, 6) is 0.254. The lowest BCUT2D eigenvalue weighted by Crippen LogP contribution is -2.05. The van der Waals surface area contributed by atoms with Crippen LogP contribution in [0.25, 0.3) is 0 Å². The summed E-state index contributed by atoms with van der Waals surface area (Å²) in [5, 5.41) is 10.8. The molecule has 1 fully saturated rings. The molecule has 86 valence electrons. The molecule has 1 heterocycles. The number of non-ortho nitro benzene ring substituents is 1. The summed E-state index contributed by atoms with van der Waals surface area (Å²) in [7, 11) is 0. The van der Waals surface area contributed by atoms with E-state index >= 15 is 0 Å². The molecule has 2 rings (SSSR count). The van der Waals surface area contributed by atoms with Gasteiger partial charge in [-0.3, -0.25) is 10.1 Å². The number of halogens is 2. The third kappa shape index (κ3) is 2.55. The lowest BCUT2D eigenvalue weighted by atomic mass is 10.3. The summed E-state index contributed by atoms with van der Waals surface area (Å²) < 4.78 is 10.3. The number of ether oxygens (including phenoxy) is 2. The van der Waals surface area contributed by atoms with E-state index in [2.05, 4.69) is 0 Å². The van der Waals surface area contributed by atoms with Crippen molar-refractivity contribution in [2.75, 3.05) is 13.2 Å². The first-order valence-electron chi connectivity index (χ1n) is 4.46. The Labute approximate surface area is 101 Å². The van der Waals surface area contributed by atoms with Crippen LogP contribution in [0.5, 0.6) is 5.75 Å². The number of hydrogen-bond acceptors (Lipinski definition) is 4. The molecule has 1 atom stereocenters. The molecular formula is C9H7Cl2NO4. The highest BCUT2D eigenvalue weighted by molar-refractivity contribution is 6.37. The minimum atomic E-state index is -0.564. The van der Waals surface area contributed by atoms with E-state index in [1.807, 2.05) is 0 Å². The van der Waals surface area contributed by atoms with Gasteiger partial charge in [0.05, 0.1) is 21.6 Å². The largest absolute Gasteiger partial charge is 0.488 e. The Kier molecular flexibility index (Phi) is 3.18. The quantitative estimate of drug-likeness (QED) is 0.476. The second-order valence-electron chi connectivity index (χ2n) is 3.26. The van der Waals surface area contributed by atoms with E-state index in [0.29, 0.717) is 13.2 Å². The molecule has 0 aromatic heterocycles. The van der Waals surface area contributed by atoms with Crippen LogP contribution in [0.4, 0.5) is 5.69 Å². The first kappa shape index (κ1) is 11.4. The molecule has 7 heteroatoms. The van der Waals surface area contributed by atoms with E-state index in [-0.39, 0.29) is 27.6 Å². The first-order valence-corrected chi connectivity index (χ1v) is 5.21. The minimum absolute atomic E-state index is 0.0716. The zero-order valence-electron chi connectivity index (χ0n) is 7.98. The SMILES string of the molecule is O=[N+]([O-])c1cc(Cl)c(OCC2CO2)c(Cl)c1. The summed E-state index contributed by atoms with van der Waals surface area (Å²) in [5.41, 5.74) is -0.162. The van der Waals surface area contributed by atoms with Gasteiger partial charge in [-0.15, -0.1) is 0 Å². The van der Waals surface area contributed by atoms with Crippen LogP contribution in [0.15, 0.2) is 12.1 Å². The molecule has 1 aromatic carbocycles. The van der Waals surface area contributed by atoms with Gasteiger partial charge in [-0.25, -0.2) is 0 Å². The van der Waals surface area contributed by atoms with Crippen LogP contribution in [-0.2, 0) is 4.74 Å². The second-order valence-corrected chi connectivity index (χ2v) is 4.08. The van der Waals surface area contributed by atoms with Crippen molar-refractivity contribution >= 4 is 28.9 Å². The number of nitrogens with zero attached hydrogens (tertiary/aromatic N) is 1. The van der Waals surface area contributed by atoms with Crippen molar-refractivity contribution in [2.45, 2.75) is 6.10 Å². The Morgan fingerprint density at radius 3 is 2.50 bits per heavy atom. The molecule has 0 aliphatic carbocycles. The molecule has 1 saturated heterocycles. The molecule has 0 N–H and O–H groups in total. The Balaban J connectivity index is 2.19. The van der Waals surface area contributed by atoms with Crippen molar-refractivity contribution in [3.8, 4) is 5.75 Å². The lowest BCUT2D eigenvalue weighted by molar-refractivity contribution is -0.384. The van der Waals surface area contributed by atoms with Crippen molar-refractivity contribution in [1.82, 2.24) is 0 Å². The Hall–Kier alpha value is -1.04. The Bertz CT molecular complexity index is 411. The van der Waals surface area contributed by atoms with Gasteiger partial charge in [-0.05, 0) is 0 Å². The summed E-state index contributed by atoms with van der Waals surface area (Å²) >= 11 is 11.7. The van der Waals surface area contributed by atoms with Crippen LogP contribution in [0, 0.1) is 10.1 Å². The van der Waals surface area contributed by atoms with Gasteiger partial charge in [0, 0.05) is 12.1 Å². The minimum Gasteiger partial charge on any atom is -0.488 e. The molecule has 1 aliphatic rings. The third-order valence-corrected chi connectivity index (χ3v) is 2.57. The van der Waals surface area contributed by atoms with Gasteiger partial charge in [0.15, 0.2) is 5.75 Å². The average molecular weight is 264 g/mol. The van der Waals surface area contributed by atoms with Gasteiger partial charge in [-0.1, -0.05) is 23.2 Å². The normalized spacial score (nSPS) is 18.2. The number of benzene rings is 1. The third-order valence-electron chi connectivity index (χ3n) is 2.01. The molecule has 0 amide bonds. The second kappa shape index (κ2) is 4.45. The van der Waals surface area contributed by atoms with Crippen molar-refractivity contribution in [3.63, 3.8) is 0 Å².